The SMILES string of the molecule is CN(C)CCN(C)C(=O)c1ccc(OC(=O)N(C)c2ccccc2)cc1. The molecule has 0 N–H and O–H groups in total. The fourth-order valence-electron chi connectivity index (χ4n) is 2.26. The second kappa shape index (κ2) is 9.01. The van der Waals surface area contributed by atoms with Crippen LogP contribution in [-0.4, -0.2) is 63.1 Å². The van der Waals surface area contributed by atoms with Crippen molar-refractivity contribution in [2.45, 2.75) is 0 Å². The van der Waals surface area contributed by atoms with Gasteiger partial charge in [-0.2, -0.15) is 0 Å². The van der Waals surface area contributed by atoms with E-state index in [0.717, 1.165) is 12.2 Å². The molecule has 0 fully saturated rings. The molecular weight excluding hydrogens is 330 g/mol. The van der Waals surface area contributed by atoms with Gasteiger partial charge in [0.2, 0.25) is 0 Å². The van der Waals surface area contributed by atoms with E-state index in [1.807, 2.05) is 49.3 Å². The summed E-state index contributed by atoms with van der Waals surface area (Å²) in [4.78, 5) is 29.7. The number of anilines is 1. The molecule has 2 rings (SSSR count). The van der Waals surface area contributed by atoms with Crippen molar-refractivity contribution in [3.05, 3.63) is 60.2 Å². The predicted molar refractivity (Wildman–Crippen MR) is 103 cm³/mol. The van der Waals surface area contributed by atoms with Gasteiger partial charge in [0.05, 0.1) is 0 Å². The van der Waals surface area contributed by atoms with Crippen molar-refractivity contribution in [3.63, 3.8) is 0 Å². The molecule has 0 radical (unpaired) electrons. The van der Waals surface area contributed by atoms with Gasteiger partial charge in [-0.05, 0) is 50.5 Å². The molecule has 0 aliphatic rings. The number of carbonyl (C=O) groups excluding carboxylic acids is 2. The molecule has 0 saturated heterocycles. The zero-order chi connectivity index (χ0) is 19.1. The highest BCUT2D eigenvalue weighted by molar-refractivity contribution is 5.94. The molecule has 138 valence electrons. The van der Waals surface area contributed by atoms with Gasteiger partial charge in [0.25, 0.3) is 5.91 Å². The van der Waals surface area contributed by atoms with Gasteiger partial charge in [0.15, 0.2) is 0 Å². The standard InChI is InChI=1S/C20H25N3O3/c1-21(2)14-15-22(3)19(24)16-10-12-18(13-11-16)26-20(25)23(4)17-8-6-5-7-9-17/h5-13H,14-15H2,1-4H3. The van der Waals surface area contributed by atoms with Crippen molar-refractivity contribution in [3.8, 4) is 5.75 Å². The third-order valence-electron chi connectivity index (χ3n) is 3.95. The highest BCUT2D eigenvalue weighted by Crippen LogP contribution is 2.17. The number of carbonyl (C=O) groups is 2. The lowest BCUT2D eigenvalue weighted by Crippen LogP contribution is -2.33. The van der Waals surface area contributed by atoms with Gasteiger partial charge < -0.3 is 14.5 Å². The quantitative estimate of drug-likeness (QED) is 0.799. The summed E-state index contributed by atoms with van der Waals surface area (Å²) in [5, 5.41) is 0. The Kier molecular flexibility index (Phi) is 6.74. The number of benzene rings is 2. The zero-order valence-electron chi connectivity index (χ0n) is 15.7. The minimum absolute atomic E-state index is 0.0638. The highest BCUT2D eigenvalue weighted by atomic mass is 16.6. The summed E-state index contributed by atoms with van der Waals surface area (Å²) in [5.41, 5.74) is 1.30. The number of ether oxygens (including phenoxy) is 1. The van der Waals surface area contributed by atoms with Gasteiger partial charge in [-0.25, -0.2) is 4.79 Å². The number of hydrogen-bond acceptors (Lipinski definition) is 4. The average Bonchev–Trinajstić information content (AvgIpc) is 2.66. The van der Waals surface area contributed by atoms with E-state index in [4.69, 9.17) is 4.74 Å². The Morgan fingerprint density at radius 1 is 0.846 bits per heavy atom. The molecule has 2 aromatic rings. The maximum Gasteiger partial charge on any atom is 0.419 e. The van der Waals surface area contributed by atoms with Gasteiger partial charge in [0, 0.05) is 38.4 Å². The maximum absolute atomic E-state index is 12.4. The second-order valence-electron chi connectivity index (χ2n) is 6.32. The van der Waals surface area contributed by atoms with Gasteiger partial charge in [-0.3, -0.25) is 9.69 Å². The second-order valence-corrected chi connectivity index (χ2v) is 6.32. The summed E-state index contributed by atoms with van der Waals surface area (Å²) in [5.74, 6) is 0.330. The Morgan fingerprint density at radius 2 is 1.46 bits per heavy atom. The molecule has 0 atom stereocenters. The molecule has 0 spiro atoms. The van der Waals surface area contributed by atoms with E-state index in [0.29, 0.717) is 17.9 Å². The Morgan fingerprint density at radius 3 is 2.04 bits per heavy atom. The van der Waals surface area contributed by atoms with Gasteiger partial charge in [0.1, 0.15) is 5.75 Å². The minimum atomic E-state index is -0.488. The average molecular weight is 355 g/mol. The molecule has 0 aliphatic carbocycles. The normalized spacial score (nSPS) is 10.5. The van der Waals surface area contributed by atoms with Crippen LogP contribution in [0, 0.1) is 0 Å². The summed E-state index contributed by atoms with van der Waals surface area (Å²) in [6.07, 6.45) is -0.488. The Bertz CT molecular complexity index is 730. The monoisotopic (exact) mass is 355 g/mol. The molecule has 6 heteroatoms. The molecule has 0 aliphatic heterocycles. The van der Waals surface area contributed by atoms with Crippen LogP contribution >= 0.6 is 0 Å². The van der Waals surface area contributed by atoms with E-state index in [9.17, 15) is 9.59 Å². The van der Waals surface area contributed by atoms with Crippen molar-refractivity contribution in [2.75, 3.05) is 46.2 Å². The van der Waals surface area contributed by atoms with Crippen molar-refractivity contribution < 1.29 is 14.3 Å². The molecule has 2 amide bonds. The molecule has 2 aromatic carbocycles. The van der Waals surface area contributed by atoms with Crippen LogP contribution in [0.25, 0.3) is 0 Å². The summed E-state index contributed by atoms with van der Waals surface area (Å²) < 4.78 is 5.36. The smallest absolute Gasteiger partial charge is 0.410 e. The lowest BCUT2D eigenvalue weighted by atomic mass is 10.2. The number of hydrogen-bond donors (Lipinski definition) is 0. The molecule has 6 nitrogen and oxygen atoms in total. The van der Waals surface area contributed by atoms with Gasteiger partial charge in [-0.15, -0.1) is 0 Å². The van der Waals surface area contributed by atoms with Crippen molar-refractivity contribution in [1.82, 2.24) is 9.80 Å². The van der Waals surface area contributed by atoms with E-state index < -0.39 is 6.09 Å². The summed E-state index contributed by atoms with van der Waals surface area (Å²) in [6.45, 7) is 1.44. The number of likely N-dealkylation sites (N-methyl/N-ethyl adjacent to an activating group) is 2. The number of rotatable bonds is 6. The topological polar surface area (TPSA) is 53.1 Å². The van der Waals surface area contributed by atoms with Crippen LogP contribution in [-0.2, 0) is 0 Å². The summed E-state index contributed by atoms with van der Waals surface area (Å²) >= 11 is 0. The molecule has 0 aromatic heterocycles. The minimum Gasteiger partial charge on any atom is -0.410 e. The van der Waals surface area contributed by atoms with Crippen LogP contribution in [0.5, 0.6) is 5.75 Å². The first kappa shape index (κ1) is 19.5. The highest BCUT2D eigenvalue weighted by Gasteiger charge is 2.15. The van der Waals surface area contributed by atoms with Crippen molar-refractivity contribution in [1.29, 1.82) is 0 Å². The summed E-state index contributed by atoms with van der Waals surface area (Å²) in [6, 6.07) is 15.8. The lowest BCUT2D eigenvalue weighted by molar-refractivity contribution is 0.0786. The summed E-state index contributed by atoms with van der Waals surface area (Å²) in [7, 11) is 7.35. The number of nitrogens with zero attached hydrogens (tertiary/aromatic N) is 3. The van der Waals surface area contributed by atoms with E-state index in [1.165, 1.54) is 4.90 Å². The van der Waals surface area contributed by atoms with Crippen LogP contribution in [0.3, 0.4) is 0 Å². The molecular formula is C20H25N3O3. The fraction of sp³-hybridized carbons (Fsp3) is 0.300. The predicted octanol–water partition coefficient (Wildman–Crippen LogP) is 2.96. The molecule has 0 unspecified atom stereocenters. The first-order valence-corrected chi connectivity index (χ1v) is 8.39. The fourth-order valence-corrected chi connectivity index (χ4v) is 2.26. The number of para-hydroxylation sites is 1. The number of amides is 2. The molecule has 0 heterocycles. The largest absolute Gasteiger partial charge is 0.419 e. The van der Waals surface area contributed by atoms with Crippen LogP contribution in [0.1, 0.15) is 10.4 Å². The first-order chi connectivity index (χ1) is 12.4. The van der Waals surface area contributed by atoms with Gasteiger partial charge in [-0.1, -0.05) is 18.2 Å². The zero-order valence-corrected chi connectivity index (χ0v) is 15.7. The van der Waals surface area contributed by atoms with Crippen molar-refractivity contribution in [2.24, 2.45) is 0 Å². The van der Waals surface area contributed by atoms with E-state index in [1.54, 1.807) is 43.3 Å². The van der Waals surface area contributed by atoms with E-state index in [-0.39, 0.29) is 5.91 Å². The van der Waals surface area contributed by atoms with Crippen LogP contribution < -0.4 is 9.64 Å². The Balaban J connectivity index is 1.96. The van der Waals surface area contributed by atoms with Crippen LogP contribution in [0.15, 0.2) is 54.6 Å². The van der Waals surface area contributed by atoms with Crippen LogP contribution in [0.2, 0.25) is 0 Å². The van der Waals surface area contributed by atoms with Crippen LogP contribution in [0.4, 0.5) is 10.5 Å². The Labute approximate surface area is 154 Å². The van der Waals surface area contributed by atoms with Gasteiger partial charge >= 0.3 is 6.09 Å². The third-order valence-corrected chi connectivity index (χ3v) is 3.95. The molecule has 0 bridgehead atoms. The maximum atomic E-state index is 12.4. The first-order valence-electron chi connectivity index (χ1n) is 8.39. The van der Waals surface area contributed by atoms with Crippen molar-refractivity contribution >= 4 is 17.7 Å². The Hall–Kier alpha value is -2.86. The molecule has 0 saturated carbocycles. The van der Waals surface area contributed by atoms with E-state index in [2.05, 4.69) is 0 Å². The van der Waals surface area contributed by atoms with E-state index >= 15 is 0 Å². The molecule has 26 heavy (non-hydrogen) atoms. The third kappa shape index (κ3) is 5.32. The lowest BCUT2D eigenvalue weighted by Gasteiger charge is -2.20.